The van der Waals surface area contributed by atoms with E-state index in [1.165, 1.54) is 39.2 Å². The molecule has 94 valence electrons. The third-order valence-corrected chi connectivity index (χ3v) is 3.86. The molecule has 3 heteroatoms. The van der Waals surface area contributed by atoms with Gasteiger partial charge in [-0.3, -0.25) is 4.79 Å². The Kier molecular flexibility index (Phi) is 5.81. The summed E-state index contributed by atoms with van der Waals surface area (Å²) in [6, 6.07) is 0.670. The third kappa shape index (κ3) is 3.78. The SMILES string of the molecule is CCC1CCCCC1N(C)CCC(=O)OC. The number of methoxy groups -OCH3 is 1. The third-order valence-electron chi connectivity index (χ3n) is 3.86. The monoisotopic (exact) mass is 227 g/mol. The van der Waals surface area contributed by atoms with E-state index in [-0.39, 0.29) is 5.97 Å². The molecule has 1 aliphatic rings. The molecule has 1 fully saturated rings. The number of hydrogen-bond donors (Lipinski definition) is 0. The molecule has 0 saturated heterocycles. The first-order chi connectivity index (χ1) is 7.69. The summed E-state index contributed by atoms with van der Waals surface area (Å²) in [6.45, 7) is 3.10. The molecule has 0 spiro atoms. The molecule has 0 heterocycles. The van der Waals surface area contributed by atoms with Crippen LogP contribution < -0.4 is 0 Å². The number of rotatable bonds is 5. The van der Waals surface area contributed by atoms with Crippen molar-refractivity contribution in [2.75, 3.05) is 20.7 Å². The van der Waals surface area contributed by atoms with Crippen molar-refractivity contribution in [2.45, 2.75) is 51.5 Å². The fourth-order valence-corrected chi connectivity index (χ4v) is 2.78. The maximum Gasteiger partial charge on any atom is 0.306 e. The molecule has 3 nitrogen and oxygen atoms in total. The van der Waals surface area contributed by atoms with Gasteiger partial charge in [0.2, 0.25) is 0 Å². The smallest absolute Gasteiger partial charge is 0.306 e. The minimum absolute atomic E-state index is 0.101. The first-order valence-electron chi connectivity index (χ1n) is 6.46. The summed E-state index contributed by atoms with van der Waals surface area (Å²) in [7, 11) is 3.60. The van der Waals surface area contributed by atoms with Crippen molar-refractivity contribution >= 4 is 5.97 Å². The van der Waals surface area contributed by atoms with Gasteiger partial charge in [-0.25, -0.2) is 0 Å². The zero-order valence-corrected chi connectivity index (χ0v) is 10.9. The van der Waals surface area contributed by atoms with Crippen molar-refractivity contribution in [3.05, 3.63) is 0 Å². The van der Waals surface area contributed by atoms with E-state index in [1.807, 2.05) is 0 Å². The molecule has 0 N–H and O–H groups in total. The zero-order chi connectivity index (χ0) is 12.0. The molecule has 1 aliphatic carbocycles. The Morgan fingerprint density at radius 3 is 2.69 bits per heavy atom. The van der Waals surface area contributed by atoms with E-state index < -0.39 is 0 Å². The van der Waals surface area contributed by atoms with Crippen LogP contribution in [0.5, 0.6) is 0 Å². The van der Waals surface area contributed by atoms with E-state index in [4.69, 9.17) is 0 Å². The maximum absolute atomic E-state index is 11.1. The largest absolute Gasteiger partial charge is 0.469 e. The average molecular weight is 227 g/mol. The Morgan fingerprint density at radius 1 is 1.38 bits per heavy atom. The lowest BCUT2D eigenvalue weighted by molar-refractivity contribution is -0.141. The van der Waals surface area contributed by atoms with Crippen LogP contribution in [0.4, 0.5) is 0 Å². The maximum atomic E-state index is 11.1. The van der Waals surface area contributed by atoms with Crippen molar-refractivity contribution < 1.29 is 9.53 Å². The topological polar surface area (TPSA) is 29.5 Å². The number of nitrogens with zero attached hydrogens (tertiary/aromatic N) is 1. The minimum Gasteiger partial charge on any atom is -0.469 e. The van der Waals surface area contributed by atoms with E-state index in [0.717, 1.165) is 12.5 Å². The molecule has 0 aliphatic heterocycles. The van der Waals surface area contributed by atoms with Crippen molar-refractivity contribution in [1.82, 2.24) is 4.90 Å². The predicted molar refractivity (Wildman–Crippen MR) is 65.3 cm³/mol. The van der Waals surface area contributed by atoms with E-state index in [2.05, 4.69) is 23.6 Å². The molecule has 2 unspecified atom stereocenters. The summed E-state index contributed by atoms with van der Waals surface area (Å²) in [5.41, 5.74) is 0. The fraction of sp³-hybridized carbons (Fsp3) is 0.923. The van der Waals surface area contributed by atoms with Gasteiger partial charge >= 0.3 is 5.97 Å². The van der Waals surface area contributed by atoms with Crippen molar-refractivity contribution in [3.63, 3.8) is 0 Å². The molecule has 0 aromatic heterocycles. The highest BCUT2D eigenvalue weighted by atomic mass is 16.5. The normalized spacial score (nSPS) is 25.8. The van der Waals surface area contributed by atoms with Crippen LogP contribution in [0.2, 0.25) is 0 Å². The van der Waals surface area contributed by atoms with Gasteiger partial charge in [-0.05, 0) is 25.8 Å². The highest BCUT2D eigenvalue weighted by Crippen LogP contribution is 2.29. The molecule has 1 saturated carbocycles. The molecular formula is C13H25NO2. The number of hydrogen-bond acceptors (Lipinski definition) is 3. The van der Waals surface area contributed by atoms with Crippen LogP contribution in [-0.4, -0.2) is 37.6 Å². The molecule has 2 atom stereocenters. The van der Waals surface area contributed by atoms with Crippen LogP contribution in [-0.2, 0) is 9.53 Å². The lowest BCUT2D eigenvalue weighted by atomic mass is 9.82. The first-order valence-corrected chi connectivity index (χ1v) is 6.46. The Labute approximate surface area is 99.1 Å². The van der Waals surface area contributed by atoms with Gasteiger partial charge in [-0.15, -0.1) is 0 Å². The number of carbonyl (C=O) groups excluding carboxylic acids is 1. The highest BCUT2D eigenvalue weighted by Gasteiger charge is 2.26. The quantitative estimate of drug-likeness (QED) is 0.676. The Morgan fingerprint density at radius 2 is 2.06 bits per heavy atom. The summed E-state index contributed by atoms with van der Waals surface area (Å²) in [5, 5.41) is 0. The molecular weight excluding hydrogens is 202 g/mol. The van der Waals surface area contributed by atoms with Crippen LogP contribution in [0.3, 0.4) is 0 Å². The summed E-state index contributed by atoms with van der Waals surface area (Å²) >= 11 is 0. The van der Waals surface area contributed by atoms with Gasteiger partial charge in [-0.2, -0.15) is 0 Å². The van der Waals surface area contributed by atoms with Crippen molar-refractivity contribution in [3.8, 4) is 0 Å². The summed E-state index contributed by atoms with van der Waals surface area (Å²) in [4.78, 5) is 13.5. The van der Waals surface area contributed by atoms with Gasteiger partial charge in [0.05, 0.1) is 13.5 Å². The Hall–Kier alpha value is -0.570. The van der Waals surface area contributed by atoms with Gasteiger partial charge in [0, 0.05) is 12.6 Å². The second-order valence-electron chi connectivity index (χ2n) is 4.83. The second-order valence-corrected chi connectivity index (χ2v) is 4.83. The van der Waals surface area contributed by atoms with E-state index in [0.29, 0.717) is 12.5 Å². The number of ether oxygens (including phenoxy) is 1. The lowest BCUT2D eigenvalue weighted by Gasteiger charge is -2.37. The summed E-state index contributed by atoms with van der Waals surface area (Å²) in [5.74, 6) is 0.715. The van der Waals surface area contributed by atoms with Crippen LogP contribution >= 0.6 is 0 Å². The molecule has 0 amide bonds. The Bertz CT molecular complexity index is 218. The van der Waals surface area contributed by atoms with Crippen LogP contribution in [0, 0.1) is 5.92 Å². The first kappa shape index (κ1) is 13.5. The summed E-state index contributed by atoms with van der Waals surface area (Å²) < 4.78 is 4.68. The summed E-state index contributed by atoms with van der Waals surface area (Å²) in [6.07, 6.45) is 7.12. The van der Waals surface area contributed by atoms with Crippen LogP contribution in [0.1, 0.15) is 45.4 Å². The van der Waals surface area contributed by atoms with Crippen LogP contribution in [0.25, 0.3) is 0 Å². The van der Waals surface area contributed by atoms with Gasteiger partial charge in [-0.1, -0.05) is 26.2 Å². The van der Waals surface area contributed by atoms with Gasteiger partial charge in [0.1, 0.15) is 0 Å². The predicted octanol–water partition coefficient (Wildman–Crippen LogP) is 2.45. The highest BCUT2D eigenvalue weighted by molar-refractivity contribution is 5.69. The molecule has 0 bridgehead atoms. The lowest BCUT2D eigenvalue weighted by Crippen LogP contribution is -2.40. The molecule has 0 aromatic carbocycles. The van der Waals surface area contributed by atoms with Crippen molar-refractivity contribution in [1.29, 1.82) is 0 Å². The fourth-order valence-electron chi connectivity index (χ4n) is 2.78. The number of carbonyl (C=O) groups is 1. The van der Waals surface area contributed by atoms with Crippen LogP contribution in [0.15, 0.2) is 0 Å². The standard InChI is InChI=1S/C13H25NO2/c1-4-11-7-5-6-8-12(11)14(2)10-9-13(15)16-3/h11-12H,4-10H2,1-3H3. The molecule has 16 heavy (non-hydrogen) atoms. The Balaban J connectivity index is 2.38. The van der Waals surface area contributed by atoms with Gasteiger partial charge in [0.15, 0.2) is 0 Å². The van der Waals surface area contributed by atoms with Crippen molar-refractivity contribution in [2.24, 2.45) is 5.92 Å². The molecule has 0 aromatic rings. The van der Waals surface area contributed by atoms with Gasteiger partial charge < -0.3 is 9.64 Å². The zero-order valence-electron chi connectivity index (χ0n) is 10.9. The van der Waals surface area contributed by atoms with E-state index in [9.17, 15) is 4.79 Å². The van der Waals surface area contributed by atoms with Gasteiger partial charge in [0.25, 0.3) is 0 Å². The minimum atomic E-state index is -0.101. The van der Waals surface area contributed by atoms with E-state index >= 15 is 0 Å². The average Bonchev–Trinajstić information content (AvgIpc) is 2.35. The molecule has 1 rings (SSSR count). The second kappa shape index (κ2) is 6.89. The molecule has 0 radical (unpaired) electrons. The van der Waals surface area contributed by atoms with E-state index in [1.54, 1.807) is 0 Å². The number of esters is 1.